The zero-order valence-corrected chi connectivity index (χ0v) is 40.5. The molecular formula is C45H93N19O2. The highest BCUT2D eigenvalue weighted by molar-refractivity contribution is 5.84. The van der Waals surface area contributed by atoms with Crippen molar-refractivity contribution in [3.05, 3.63) is 0 Å². The van der Waals surface area contributed by atoms with Crippen LogP contribution in [0.5, 0.6) is 0 Å². The number of hydrogen-bond acceptors (Lipinski definition) is 19. The fourth-order valence-electron chi connectivity index (χ4n) is 6.99. The van der Waals surface area contributed by atoms with E-state index in [-0.39, 0.29) is 24.7 Å². The molecule has 66 heavy (non-hydrogen) atoms. The highest BCUT2D eigenvalue weighted by atomic mass is 16.2. The smallest absolute Gasteiger partial charge is 0.221 e. The fraction of sp³-hybridized carbons (Fsp3) is 0.800. The summed E-state index contributed by atoms with van der Waals surface area (Å²) in [5.74, 6) is -0.213. The number of rotatable bonds is 48. The second kappa shape index (κ2) is 41.4. The number of hydrogen-bond donors (Lipinski definition) is 15. The lowest BCUT2D eigenvalue weighted by Crippen LogP contribution is -2.39. The molecule has 380 valence electrons. The van der Waals surface area contributed by atoms with E-state index < -0.39 is 0 Å². The normalized spacial score (nSPS) is 11.4. The van der Waals surface area contributed by atoms with E-state index in [1.54, 1.807) is 0 Å². The molecule has 21 heteroatoms. The van der Waals surface area contributed by atoms with Gasteiger partial charge < -0.3 is 103 Å². The first kappa shape index (κ1) is 62.2. The molecule has 0 rings (SSSR count). The van der Waals surface area contributed by atoms with Crippen molar-refractivity contribution >= 4 is 51.8 Å². The van der Waals surface area contributed by atoms with Crippen molar-refractivity contribution in [3.8, 4) is 0 Å². The van der Waals surface area contributed by atoms with Gasteiger partial charge in [0.05, 0.1) is 0 Å². The van der Waals surface area contributed by atoms with E-state index in [4.69, 9.17) is 72.3 Å². The first-order valence-electron chi connectivity index (χ1n) is 24.3. The van der Waals surface area contributed by atoms with Crippen LogP contribution in [0.1, 0.15) is 103 Å². The van der Waals surface area contributed by atoms with Crippen LogP contribution in [-0.4, -0.2) is 202 Å². The lowest BCUT2D eigenvalue weighted by Gasteiger charge is -2.25. The van der Waals surface area contributed by atoms with Gasteiger partial charge in [-0.15, -0.1) is 0 Å². The lowest BCUT2D eigenvalue weighted by molar-refractivity contribution is -0.122. The van der Waals surface area contributed by atoms with Gasteiger partial charge in [-0.1, -0.05) is 0 Å². The Morgan fingerprint density at radius 3 is 0.697 bits per heavy atom. The average Bonchev–Trinajstić information content (AvgIpc) is 3.28. The summed E-state index contributed by atoms with van der Waals surface area (Å²) < 4.78 is 0. The van der Waals surface area contributed by atoms with Crippen molar-refractivity contribution in [2.75, 3.05) is 131 Å². The summed E-state index contributed by atoms with van der Waals surface area (Å²) >= 11 is 0. The van der Waals surface area contributed by atoms with Gasteiger partial charge in [0.1, 0.15) is 0 Å². The van der Waals surface area contributed by atoms with E-state index in [1.165, 1.54) is 0 Å². The molecule has 0 spiro atoms. The van der Waals surface area contributed by atoms with Gasteiger partial charge in [0.2, 0.25) is 11.8 Å². The highest BCUT2D eigenvalue weighted by Crippen LogP contribution is 2.08. The van der Waals surface area contributed by atoms with Crippen molar-refractivity contribution < 1.29 is 9.59 Å². The maximum Gasteiger partial charge on any atom is 0.221 e. The molecule has 21 N–H and O–H groups in total. The fourth-order valence-corrected chi connectivity index (χ4v) is 6.99. The van der Waals surface area contributed by atoms with Gasteiger partial charge in [-0.3, -0.25) is 9.59 Å². The molecule has 0 radical (unpaired) electrons. The number of carbonyl (C=O) groups excluding carboxylic acids is 2. The zero-order chi connectivity index (χ0) is 49.4. The minimum absolute atomic E-state index is 0.0960. The summed E-state index contributed by atoms with van der Waals surface area (Å²) in [6.45, 7) is 10.3. The molecule has 0 heterocycles. The van der Waals surface area contributed by atoms with E-state index in [1.807, 2.05) is 0 Å². The predicted molar refractivity (Wildman–Crippen MR) is 274 cm³/mol. The third kappa shape index (κ3) is 36.4. The number of nitrogens with two attached hydrogens (primary N) is 6. The van der Waals surface area contributed by atoms with Gasteiger partial charge in [-0.25, -0.2) is 0 Å². The van der Waals surface area contributed by atoms with Gasteiger partial charge in [-0.05, 0) is 123 Å². The summed E-state index contributed by atoms with van der Waals surface area (Å²) in [5, 5.41) is 64.6. The van der Waals surface area contributed by atoms with Crippen LogP contribution in [0.2, 0.25) is 0 Å². The molecule has 0 aromatic rings. The predicted octanol–water partition coefficient (Wildman–Crippen LogP) is 0.559. The molecule has 2 amide bonds. The van der Waals surface area contributed by atoms with E-state index in [0.717, 1.165) is 0 Å². The second-order valence-corrected chi connectivity index (χ2v) is 17.0. The molecule has 0 atom stereocenters. The Hall–Kier alpha value is -3.77. The Kier molecular flexibility index (Phi) is 39.1. The highest BCUT2D eigenvalue weighted by Gasteiger charge is 2.16. The van der Waals surface area contributed by atoms with E-state index in [0.29, 0.717) is 261 Å². The van der Waals surface area contributed by atoms with Crippen LogP contribution < -0.4 is 45.0 Å². The minimum Gasteiger partial charge on any atom is -0.355 e. The zero-order valence-electron chi connectivity index (χ0n) is 40.5. The Bertz CT molecular complexity index is 1310. The molecule has 0 saturated heterocycles. The van der Waals surface area contributed by atoms with Gasteiger partial charge in [-0.2, -0.15) is 0 Å². The van der Waals surface area contributed by atoms with E-state index in [2.05, 4.69) is 30.2 Å². The van der Waals surface area contributed by atoms with Crippen LogP contribution in [-0.2, 0) is 9.59 Å². The molecule has 0 aromatic heterocycles. The van der Waals surface area contributed by atoms with Crippen molar-refractivity contribution in [2.24, 2.45) is 34.4 Å². The molecule has 0 aliphatic rings. The molecule has 0 unspecified atom stereocenters. The van der Waals surface area contributed by atoms with Crippen molar-refractivity contribution in [3.63, 3.8) is 0 Å². The molecule has 0 bridgehead atoms. The Morgan fingerprint density at radius 1 is 0.273 bits per heavy atom. The SMILES string of the molecule is N=C(CCN)CCN(CCC(=N)CCN)CCC(=N)CCN(CCC(=N)CCN(CCC(=N)CCN)CCC(=N)CCN)CCC(=O)NCCN(CCC(=N)CCN)CCC(=O)NCCN. The number of carbonyl (C=O) groups is 2. The van der Waals surface area contributed by atoms with E-state index in [9.17, 15) is 9.59 Å². The Balaban J connectivity index is 5.71. The summed E-state index contributed by atoms with van der Waals surface area (Å²) in [6, 6.07) is 0. The summed E-state index contributed by atoms with van der Waals surface area (Å²) in [7, 11) is 0. The largest absolute Gasteiger partial charge is 0.355 e. The van der Waals surface area contributed by atoms with Crippen LogP contribution >= 0.6 is 0 Å². The lowest BCUT2D eigenvalue weighted by atomic mass is 10.1. The van der Waals surface area contributed by atoms with Gasteiger partial charge in [0.25, 0.3) is 0 Å². The van der Waals surface area contributed by atoms with Crippen LogP contribution in [0.3, 0.4) is 0 Å². The van der Waals surface area contributed by atoms with Crippen molar-refractivity contribution in [2.45, 2.75) is 103 Å². The standard InChI is InChI=1S/C45H93N19O2/c46-17-1-37(52)6-25-61(26-7-38(53)2-18-47)29-11-42(57)13-31-63(32-14-43(58)12-30-62(27-8-39(54)3-19-48)28-9-40(55)4-20-49)34-15-45(66)60-24-36-64(33-10-41(56)5-21-50)35-16-44(65)59-23-22-51/h52-58H,1-36,46-51H2,(H,59,65)(H,60,66). The van der Waals surface area contributed by atoms with Crippen LogP contribution in [0.4, 0.5) is 0 Å². The van der Waals surface area contributed by atoms with E-state index >= 15 is 0 Å². The Morgan fingerprint density at radius 2 is 0.470 bits per heavy atom. The van der Waals surface area contributed by atoms with Crippen molar-refractivity contribution in [1.82, 2.24) is 30.2 Å². The third-order valence-electron chi connectivity index (χ3n) is 11.3. The summed E-state index contributed by atoms with van der Waals surface area (Å²) in [4.78, 5) is 34.2. The minimum atomic E-state index is -0.117. The number of nitrogens with one attached hydrogen (secondary N) is 9. The monoisotopic (exact) mass is 932 g/mol. The molecule has 0 saturated carbocycles. The molecule has 0 aliphatic heterocycles. The number of amides is 2. The average molecular weight is 932 g/mol. The van der Waals surface area contributed by atoms with Crippen LogP contribution in [0.15, 0.2) is 0 Å². The summed E-state index contributed by atoms with van der Waals surface area (Å²) in [6.07, 6.45) is 8.20. The molecule has 0 aliphatic carbocycles. The first-order valence-corrected chi connectivity index (χ1v) is 24.3. The molecule has 21 nitrogen and oxygen atoms in total. The topological polar surface area (TPSA) is 394 Å². The maximum atomic E-state index is 13.2. The van der Waals surface area contributed by atoms with Gasteiger partial charge in [0, 0.05) is 151 Å². The first-order chi connectivity index (χ1) is 31.7. The van der Waals surface area contributed by atoms with Crippen LogP contribution in [0, 0.1) is 37.9 Å². The maximum absolute atomic E-state index is 13.2. The second-order valence-electron chi connectivity index (χ2n) is 17.0. The van der Waals surface area contributed by atoms with Gasteiger partial charge >= 0.3 is 0 Å². The third-order valence-corrected chi connectivity index (χ3v) is 11.3. The molecule has 0 fully saturated rings. The molecule has 0 aromatic carbocycles. The Labute approximate surface area is 396 Å². The van der Waals surface area contributed by atoms with Crippen LogP contribution in [0.25, 0.3) is 0 Å². The quantitative estimate of drug-likeness (QED) is 0.0372. The van der Waals surface area contributed by atoms with Gasteiger partial charge in [0.15, 0.2) is 0 Å². The summed E-state index contributed by atoms with van der Waals surface area (Å²) in [5.41, 5.74) is 37.9. The van der Waals surface area contributed by atoms with Crippen molar-refractivity contribution in [1.29, 1.82) is 37.9 Å². The molecular weight excluding hydrogens is 839 g/mol. The number of nitrogens with zero attached hydrogens (tertiary/aromatic N) is 4.